The zero-order valence-corrected chi connectivity index (χ0v) is 12.2. The molecule has 1 aromatic rings. The Bertz CT molecular complexity index is 545. The first-order valence-electron chi connectivity index (χ1n) is 6.49. The van der Waals surface area contributed by atoms with Gasteiger partial charge in [0.25, 0.3) is 5.91 Å². The molecule has 1 aliphatic rings. The fourth-order valence-electron chi connectivity index (χ4n) is 2.03. The second-order valence-corrected chi connectivity index (χ2v) is 5.86. The lowest BCUT2D eigenvalue weighted by Gasteiger charge is -2.19. The van der Waals surface area contributed by atoms with Crippen LogP contribution in [0.4, 0.5) is 0 Å². The first kappa shape index (κ1) is 14.4. The molecule has 1 amide bonds. The number of hydrogen-bond acceptors (Lipinski definition) is 4. The fourth-order valence-corrected chi connectivity index (χ4v) is 2.03. The monoisotopic (exact) mass is 277 g/mol. The Hall–Kier alpha value is -2.04. The second kappa shape index (κ2) is 5.15. The number of benzene rings is 1. The largest absolute Gasteiger partial charge is 0.482 e. The molecule has 0 aromatic heterocycles. The van der Waals surface area contributed by atoms with Gasteiger partial charge in [-0.1, -0.05) is 6.07 Å². The van der Waals surface area contributed by atoms with Crippen LogP contribution in [0.25, 0.3) is 0 Å². The molecule has 0 spiro atoms. The lowest BCUT2D eigenvalue weighted by Crippen LogP contribution is -2.27. The molecule has 0 N–H and O–H groups in total. The van der Waals surface area contributed by atoms with Crippen LogP contribution in [0.2, 0.25) is 0 Å². The highest BCUT2D eigenvalue weighted by molar-refractivity contribution is 5.98. The summed E-state index contributed by atoms with van der Waals surface area (Å²) in [4.78, 5) is 25.1. The van der Waals surface area contributed by atoms with Gasteiger partial charge in [-0.3, -0.25) is 4.79 Å². The van der Waals surface area contributed by atoms with Gasteiger partial charge in [0.1, 0.15) is 11.4 Å². The maximum absolute atomic E-state index is 11.9. The van der Waals surface area contributed by atoms with Crippen molar-refractivity contribution in [2.45, 2.75) is 32.9 Å². The van der Waals surface area contributed by atoms with Crippen LogP contribution in [-0.2, 0) is 16.1 Å². The van der Waals surface area contributed by atoms with Gasteiger partial charge >= 0.3 is 5.97 Å². The predicted molar refractivity (Wildman–Crippen MR) is 73.6 cm³/mol. The zero-order valence-electron chi connectivity index (χ0n) is 12.2. The third kappa shape index (κ3) is 3.29. The van der Waals surface area contributed by atoms with E-state index in [0.29, 0.717) is 17.9 Å². The number of fused-ring (bicyclic) bond motifs is 1. The molecule has 1 aromatic carbocycles. The summed E-state index contributed by atoms with van der Waals surface area (Å²) in [5.74, 6) is 0.0439. The average molecular weight is 277 g/mol. The van der Waals surface area contributed by atoms with Crippen LogP contribution in [0.1, 0.15) is 36.7 Å². The highest BCUT2D eigenvalue weighted by atomic mass is 16.6. The van der Waals surface area contributed by atoms with Gasteiger partial charge in [0.2, 0.25) is 0 Å². The predicted octanol–water partition coefficient (Wildman–Crippen LogP) is 1.99. The van der Waals surface area contributed by atoms with E-state index in [0.717, 1.165) is 5.56 Å². The van der Waals surface area contributed by atoms with Crippen LogP contribution in [0.3, 0.4) is 0 Å². The number of rotatable bonds is 3. The first-order chi connectivity index (χ1) is 9.26. The molecule has 5 heteroatoms. The molecule has 0 atom stereocenters. The van der Waals surface area contributed by atoms with Crippen LogP contribution in [-0.4, -0.2) is 36.0 Å². The van der Waals surface area contributed by atoms with Gasteiger partial charge in [-0.2, -0.15) is 0 Å². The molecule has 108 valence electrons. The van der Waals surface area contributed by atoms with Crippen LogP contribution < -0.4 is 4.74 Å². The van der Waals surface area contributed by atoms with Crippen LogP contribution >= 0.6 is 0 Å². The standard InChI is InChI=1S/C15H19NO4/c1-15(2,3)20-13(17)9-19-11-6-5-10-8-16(4)14(18)12(10)7-11/h5-7H,8-9H2,1-4H3. The minimum atomic E-state index is -0.531. The van der Waals surface area contributed by atoms with Crippen molar-refractivity contribution >= 4 is 11.9 Å². The van der Waals surface area contributed by atoms with Crippen molar-refractivity contribution in [3.05, 3.63) is 29.3 Å². The Morgan fingerprint density at radius 1 is 1.35 bits per heavy atom. The normalized spacial score (nSPS) is 14.2. The number of ether oxygens (including phenoxy) is 2. The summed E-state index contributed by atoms with van der Waals surface area (Å²) in [6.07, 6.45) is 0. The Balaban J connectivity index is 1.99. The number of hydrogen-bond donors (Lipinski definition) is 0. The van der Waals surface area contributed by atoms with Crippen molar-refractivity contribution in [1.29, 1.82) is 0 Å². The summed E-state index contributed by atoms with van der Waals surface area (Å²) in [6, 6.07) is 5.28. The van der Waals surface area contributed by atoms with Gasteiger partial charge in [-0.05, 0) is 38.5 Å². The SMILES string of the molecule is CN1Cc2ccc(OCC(=O)OC(C)(C)C)cc2C1=O. The number of esters is 1. The molecule has 0 fully saturated rings. The molecule has 0 saturated heterocycles. The molecule has 2 rings (SSSR count). The zero-order chi connectivity index (χ0) is 14.9. The number of carbonyl (C=O) groups is 2. The molecule has 0 radical (unpaired) electrons. The Morgan fingerprint density at radius 3 is 2.70 bits per heavy atom. The van der Waals surface area contributed by atoms with Gasteiger partial charge in [0.15, 0.2) is 6.61 Å². The number of nitrogens with zero attached hydrogens (tertiary/aromatic N) is 1. The molecule has 0 aliphatic carbocycles. The average Bonchev–Trinajstić information content (AvgIpc) is 2.61. The topological polar surface area (TPSA) is 55.8 Å². The van der Waals surface area contributed by atoms with Crippen LogP contribution in [0, 0.1) is 0 Å². The summed E-state index contributed by atoms with van der Waals surface area (Å²) < 4.78 is 10.5. The molecule has 1 heterocycles. The van der Waals surface area contributed by atoms with Crippen molar-refractivity contribution in [2.75, 3.05) is 13.7 Å². The molecule has 1 aliphatic heterocycles. The maximum Gasteiger partial charge on any atom is 0.344 e. The van der Waals surface area contributed by atoms with E-state index in [9.17, 15) is 9.59 Å². The van der Waals surface area contributed by atoms with E-state index in [-0.39, 0.29) is 12.5 Å². The van der Waals surface area contributed by atoms with Gasteiger partial charge < -0.3 is 14.4 Å². The van der Waals surface area contributed by atoms with Crippen molar-refractivity contribution in [3.8, 4) is 5.75 Å². The van der Waals surface area contributed by atoms with Crippen molar-refractivity contribution in [2.24, 2.45) is 0 Å². The van der Waals surface area contributed by atoms with E-state index >= 15 is 0 Å². The molecule has 0 unspecified atom stereocenters. The van der Waals surface area contributed by atoms with Gasteiger partial charge in [0, 0.05) is 19.2 Å². The smallest absolute Gasteiger partial charge is 0.344 e. The van der Waals surface area contributed by atoms with Crippen molar-refractivity contribution in [3.63, 3.8) is 0 Å². The van der Waals surface area contributed by atoms with E-state index in [1.807, 2.05) is 6.07 Å². The van der Waals surface area contributed by atoms with Crippen LogP contribution in [0.15, 0.2) is 18.2 Å². The fraction of sp³-hybridized carbons (Fsp3) is 0.467. The third-order valence-corrected chi connectivity index (χ3v) is 2.84. The maximum atomic E-state index is 11.9. The van der Waals surface area contributed by atoms with Gasteiger partial charge in [-0.25, -0.2) is 4.79 Å². The molecular weight excluding hydrogens is 258 g/mol. The Kier molecular flexibility index (Phi) is 3.70. The van der Waals surface area contributed by atoms with Crippen molar-refractivity contribution in [1.82, 2.24) is 4.90 Å². The third-order valence-electron chi connectivity index (χ3n) is 2.84. The Labute approximate surface area is 118 Å². The van der Waals surface area contributed by atoms with Crippen molar-refractivity contribution < 1.29 is 19.1 Å². The first-order valence-corrected chi connectivity index (χ1v) is 6.49. The molecular formula is C15H19NO4. The summed E-state index contributed by atoms with van der Waals surface area (Å²) in [7, 11) is 1.75. The molecule has 20 heavy (non-hydrogen) atoms. The number of amides is 1. The van der Waals surface area contributed by atoms with Crippen LogP contribution in [0.5, 0.6) is 5.75 Å². The minimum absolute atomic E-state index is 0.0253. The quantitative estimate of drug-likeness (QED) is 0.793. The minimum Gasteiger partial charge on any atom is -0.482 e. The lowest BCUT2D eigenvalue weighted by atomic mass is 10.1. The molecule has 0 bridgehead atoms. The van der Waals surface area contributed by atoms with Gasteiger partial charge in [0.05, 0.1) is 0 Å². The van der Waals surface area contributed by atoms with E-state index in [4.69, 9.17) is 9.47 Å². The van der Waals surface area contributed by atoms with E-state index in [1.54, 1.807) is 44.9 Å². The van der Waals surface area contributed by atoms with Gasteiger partial charge in [-0.15, -0.1) is 0 Å². The summed E-state index contributed by atoms with van der Waals surface area (Å²) in [5.41, 5.74) is 1.08. The second-order valence-electron chi connectivity index (χ2n) is 5.86. The molecule has 0 saturated carbocycles. The molecule has 5 nitrogen and oxygen atoms in total. The summed E-state index contributed by atoms with van der Waals surface area (Å²) in [6.45, 7) is 5.85. The highest BCUT2D eigenvalue weighted by Crippen LogP contribution is 2.25. The Morgan fingerprint density at radius 2 is 2.05 bits per heavy atom. The number of carbonyl (C=O) groups excluding carboxylic acids is 2. The lowest BCUT2D eigenvalue weighted by molar-refractivity contribution is -0.157. The highest BCUT2D eigenvalue weighted by Gasteiger charge is 2.24. The van der Waals surface area contributed by atoms with E-state index < -0.39 is 11.6 Å². The summed E-state index contributed by atoms with van der Waals surface area (Å²) in [5, 5.41) is 0. The summed E-state index contributed by atoms with van der Waals surface area (Å²) >= 11 is 0. The van der Waals surface area contributed by atoms with E-state index in [1.165, 1.54) is 0 Å². The van der Waals surface area contributed by atoms with E-state index in [2.05, 4.69) is 0 Å².